The van der Waals surface area contributed by atoms with Crippen molar-refractivity contribution < 1.29 is 14.5 Å². The number of benzene rings is 1. The normalized spacial score (nSPS) is 9.76. The van der Waals surface area contributed by atoms with Gasteiger partial charge in [0.05, 0.1) is 11.5 Å². The van der Waals surface area contributed by atoms with Gasteiger partial charge in [-0.1, -0.05) is 0 Å². The summed E-state index contributed by atoms with van der Waals surface area (Å²) in [5, 5.41) is 13.4. The first-order chi connectivity index (χ1) is 8.02. The number of nitro benzene ring substituents is 1. The van der Waals surface area contributed by atoms with Crippen LogP contribution in [0.4, 0.5) is 11.4 Å². The van der Waals surface area contributed by atoms with Crippen molar-refractivity contribution in [3.63, 3.8) is 0 Å². The molecule has 6 nitrogen and oxygen atoms in total. The number of carbonyl (C=O) groups excluding carboxylic acids is 1. The molecule has 1 N–H and O–H groups in total. The fourth-order valence-electron chi connectivity index (χ4n) is 1.36. The maximum atomic E-state index is 11.1. The van der Waals surface area contributed by atoms with Gasteiger partial charge in [0, 0.05) is 17.8 Å². The molecule has 1 aromatic rings. The number of rotatable bonds is 5. The molecule has 0 aliphatic rings. The summed E-state index contributed by atoms with van der Waals surface area (Å²) >= 11 is 0. The van der Waals surface area contributed by atoms with Crippen molar-refractivity contribution in [1.82, 2.24) is 0 Å². The molecule has 0 aliphatic heterocycles. The van der Waals surface area contributed by atoms with Gasteiger partial charge < -0.3 is 10.1 Å². The minimum absolute atomic E-state index is 0.00337. The van der Waals surface area contributed by atoms with Gasteiger partial charge in [-0.15, -0.1) is 0 Å². The molecule has 0 spiro atoms. The van der Waals surface area contributed by atoms with Crippen molar-refractivity contribution in [2.24, 2.45) is 0 Å². The molecule has 17 heavy (non-hydrogen) atoms. The second kappa shape index (κ2) is 5.83. The highest BCUT2D eigenvalue weighted by Crippen LogP contribution is 2.20. The monoisotopic (exact) mass is 238 g/mol. The molecule has 0 bridgehead atoms. The summed E-state index contributed by atoms with van der Waals surface area (Å²) in [5.41, 5.74) is 1.28. The van der Waals surface area contributed by atoms with Gasteiger partial charge in [-0.05, 0) is 25.5 Å². The maximum Gasteiger partial charge on any atom is 0.325 e. The lowest BCUT2D eigenvalue weighted by Crippen LogP contribution is -2.16. The molecule has 0 amide bonds. The van der Waals surface area contributed by atoms with Crippen molar-refractivity contribution in [1.29, 1.82) is 0 Å². The third-order valence-electron chi connectivity index (χ3n) is 2.02. The van der Waals surface area contributed by atoms with E-state index in [4.69, 9.17) is 4.74 Å². The summed E-state index contributed by atoms with van der Waals surface area (Å²) in [6.07, 6.45) is 0. The Kier molecular flexibility index (Phi) is 4.45. The van der Waals surface area contributed by atoms with Crippen molar-refractivity contribution in [3.8, 4) is 0 Å². The van der Waals surface area contributed by atoms with Crippen LogP contribution in [0.5, 0.6) is 0 Å². The summed E-state index contributed by atoms with van der Waals surface area (Å²) in [7, 11) is 0. The van der Waals surface area contributed by atoms with E-state index >= 15 is 0 Å². The average molecular weight is 238 g/mol. The Hall–Kier alpha value is -2.11. The fraction of sp³-hybridized carbons (Fsp3) is 0.364. The Labute approximate surface area is 98.7 Å². The van der Waals surface area contributed by atoms with Gasteiger partial charge in [-0.3, -0.25) is 14.9 Å². The molecule has 0 atom stereocenters. The van der Waals surface area contributed by atoms with Crippen LogP contribution in [0.2, 0.25) is 0 Å². The van der Waals surface area contributed by atoms with E-state index in [0.29, 0.717) is 12.3 Å². The Morgan fingerprint density at radius 1 is 1.47 bits per heavy atom. The molecule has 0 unspecified atom stereocenters. The van der Waals surface area contributed by atoms with Crippen LogP contribution in [0.15, 0.2) is 18.2 Å². The minimum atomic E-state index is -0.470. The standard InChI is InChI=1S/C11H14N2O4/c1-3-17-11(14)7-12-9-4-8(2)5-10(6-9)13(15)16/h4-6,12H,3,7H2,1-2H3. The Bertz CT molecular complexity index is 431. The van der Waals surface area contributed by atoms with Gasteiger partial charge in [-0.2, -0.15) is 0 Å². The number of carbonyl (C=O) groups is 1. The number of nitro groups is 1. The van der Waals surface area contributed by atoms with E-state index < -0.39 is 10.9 Å². The molecule has 6 heteroatoms. The molecule has 0 radical (unpaired) electrons. The molecule has 0 saturated heterocycles. The van der Waals surface area contributed by atoms with Crippen LogP contribution >= 0.6 is 0 Å². The van der Waals surface area contributed by atoms with Gasteiger partial charge in [0.2, 0.25) is 0 Å². The minimum Gasteiger partial charge on any atom is -0.465 e. The van der Waals surface area contributed by atoms with Crippen LogP contribution in [-0.2, 0) is 9.53 Å². The third kappa shape index (κ3) is 4.10. The number of hydrogen-bond donors (Lipinski definition) is 1. The van der Waals surface area contributed by atoms with Crippen molar-refractivity contribution in [2.75, 3.05) is 18.5 Å². The topological polar surface area (TPSA) is 81.5 Å². The lowest BCUT2D eigenvalue weighted by molar-refractivity contribution is -0.384. The lowest BCUT2D eigenvalue weighted by atomic mass is 10.2. The van der Waals surface area contributed by atoms with Gasteiger partial charge in [0.1, 0.15) is 6.54 Å². The number of non-ortho nitro benzene ring substituents is 1. The number of hydrogen-bond acceptors (Lipinski definition) is 5. The van der Waals surface area contributed by atoms with Crippen LogP contribution in [0, 0.1) is 17.0 Å². The molecule has 0 aromatic heterocycles. The second-order valence-corrected chi connectivity index (χ2v) is 3.47. The number of esters is 1. The van der Waals surface area contributed by atoms with Crippen molar-refractivity contribution in [2.45, 2.75) is 13.8 Å². The van der Waals surface area contributed by atoms with E-state index in [1.54, 1.807) is 19.9 Å². The highest BCUT2D eigenvalue weighted by Gasteiger charge is 2.09. The van der Waals surface area contributed by atoms with Crippen LogP contribution in [0.1, 0.15) is 12.5 Å². The number of anilines is 1. The largest absolute Gasteiger partial charge is 0.465 e. The van der Waals surface area contributed by atoms with Crippen LogP contribution in [0.3, 0.4) is 0 Å². The molecule has 1 aromatic carbocycles. The first-order valence-corrected chi connectivity index (χ1v) is 5.18. The van der Waals surface area contributed by atoms with E-state index in [1.165, 1.54) is 12.1 Å². The van der Waals surface area contributed by atoms with Gasteiger partial charge in [0.15, 0.2) is 0 Å². The van der Waals surface area contributed by atoms with Crippen LogP contribution in [0.25, 0.3) is 0 Å². The molecule has 0 saturated carbocycles. The Morgan fingerprint density at radius 2 is 2.18 bits per heavy atom. The first-order valence-electron chi connectivity index (χ1n) is 5.18. The Morgan fingerprint density at radius 3 is 2.76 bits per heavy atom. The summed E-state index contributed by atoms with van der Waals surface area (Å²) in [4.78, 5) is 21.3. The second-order valence-electron chi connectivity index (χ2n) is 3.47. The van der Waals surface area contributed by atoms with Gasteiger partial charge in [-0.25, -0.2) is 0 Å². The first kappa shape index (κ1) is 13.0. The van der Waals surface area contributed by atoms with E-state index in [1.807, 2.05) is 0 Å². The summed E-state index contributed by atoms with van der Waals surface area (Å²) < 4.78 is 4.74. The van der Waals surface area contributed by atoms with E-state index in [0.717, 1.165) is 5.56 Å². The lowest BCUT2D eigenvalue weighted by Gasteiger charge is -2.06. The summed E-state index contributed by atoms with van der Waals surface area (Å²) in [5.74, 6) is -0.392. The molecule has 0 aliphatic carbocycles. The maximum absolute atomic E-state index is 11.1. The average Bonchev–Trinajstić information content (AvgIpc) is 2.26. The SMILES string of the molecule is CCOC(=O)CNc1cc(C)cc([N+](=O)[O-])c1. The molecule has 0 heterocycles. The zero-order valence-corrected chi connectivity index (χ0v) is 9.73. The van der Waals surface area contributed by atoms with E-state index in [-0.39, 0.29) is 12.2 Å². The number of nitrogens with zero attached hydrogens (tertiary/aromatic N) is 1. The number of nitrogens with one attached hydrogen (secondary N) is 1. The quantitative estimate of drug-likeness (QED) is 0.481. The van der Waals surface area contributed by atoms with E-state index in [2.05, 4.69) is 5.32 Å². The summed E-state index contributed by atoms with van der Waals surface area (Å²) in [6, 6.07) is 4.58. The van der Waals surface area contributed by atoms with E-state index in [9.17, 15) is 14.9 Å². The summed E-state index contributed by atoms with van der Waals surface area (Å²) in [6.45, 7) is 3.78. The van der Waals surface area contributed by atoms with Crippen LogP contribution < -0.4 is 5.32 Å². The highest BCUT2D eigenvalue weighted by atomic mass is 16.6. The fourth-order valence-corrected chi connectivity index (χ4v) is 1.36. The molecule has 1 rings (SSSR count). The van der Waals surface area contributed by atoms with Gasteiger partial charge in [0.25, 0.3) is 5.69 Å². The van der Waals surface area contributed by atoms with Crippen LogP contribution in [-0.4, -0.2) is 24.0 Å². The third-order valence-corrected chi connectivity index (χ3v) is 2.02. The van der Waals surface area contributed by atoms with Crippen molar-refractivity contribution >= 4 is 17.3 Å². The molecule has 92 valence electrons. The molecular weight excluding hydrogens is 224 g/mol. The van der Waals surface area contributed by atoms with Gasteiger partial charge >= 0.3 is 5.97 Å². The Balaban J connectivity index is 2.71. The smallest absolute Gasteiger partial charge is 0.325 e. The zero-order valence-electron chi connectivity index (χ0n) is 9.73. The number of ether oxygens (including phenoxy) is 1. The predicted octanol–water partition coefficient (Wildman–Crippen LogP) is 1.88. The highest BCUT2D eigenvalue weighted by molar-refractivity contribution is 5.75. The zero-order chi connectivity index (χ0) is 12.8. The van der Waals surface area contributed by atoms with Crippen molar-refractivity contribution in [3.05, 3.63) is 33.9 Å². The molecular formula is C11H14N2O4. The predicted molar refractivity (Wildman–Crippen MR) is 63.0 cm³/mol. The molecule has 0 fully saturated rings. The number of aryl methyl sites for hydroxylation is 1.